The van der Waals surface area contributed by atoms with Crippen molar-refractivity contribution in [1.82, 2.24) is 0 Å². The Morgan fingerprint density at radius 3 is 2.88 bits per heavy atom. The number of rotatable bonds is 1. The van der Waals surface area contributed by atoms with E-state index in [0.717, 1.165) is 27.8 Å². The smallest absolute Gasteiger partial charge is 0.339 e. The number of carbonyl (C=O) groups excluding carboxylic acids is 2. The average molecular weight is 334 g/mol. The van der Waals surface area contributed by atoms with Crippen molar-refractivity contribution in [3.05, 3.63) is 75.8 Å². The number of hydrogen-bond acceptors (Lipinski definition) is 5. The van der Waals surface area contributed by atoms with Crippen molar-refractivity contribution < 1.29 is 23.5 Å². The highest BCUT2D eigenvalue weighted by Gasteiger charge is 2.39. The number of allylic oxidation sites excluding steroid dienone is 2. The molecule has 3 aliphatic rings. The van der Waals surface area contributed by atoms with Crippen molar-refractivity contribution in [2.24, 2.45) is 0 Å². The Morgan fingerprint density at radius 1 is 1.20 bits per heavy atom. The standard InChI is InChI=1S/C20H14O5/c1-10-12-3-2-4-13-16(9-24-19(13)21)14(12)7-15-17(10)18(25-20(15)22)11-5-6-23-8-11/h2-8,16,18H,9H2,1H3/t16-,18-/m0/s1. The van der Waals surface area contributed by atoms with E-state index in [2.05, 4.69) is 0 Å². The molecule has 1 saturated heterocycles. The van der Waals surface area contributed by atoms with Crippen molar-refractivity contribution in [2.45, 2.75) is 18.9 Å². The van der Waals surface area contributed by atoms with E-state index in [4.69, 9.17) is 13.9 Å². The first-order valence-electron chi connectivity index (χ1n) is 8.11. The first-order valence-corrected chi connectivity index (χ1v) is 8.11. The molecule has 0 N–H and O–H groups in total. The van der Waals surface area contributed by atoms with Crippen LogP contribution in [-0.4, -0.2) is 18.5 Å². The van der Waals surface area contributed by atoms with Gasteiger partial charge in [0.2, 0.25) is 0 Å². The minimum Gasteiger partial charge on any atom is -0.472 e. The Bertz CT molecular complexity index is 978. The molecule has 25 heavy (non-hydrogen) atoms. The van der Waals surface area contributed by atoms with Crippen molar-refractivity contribution in [2.75, 3.05) is 6.61 Å². The predicted octanol–water partition coefficient (Wildman–Crippen LogP) is 3.44. The average Bonchev–Trinajstić information content (AvgIpc) is 3.28. The van der Waals surface area contributed by atoms with Crippen molar-refractivity contribution >= 4 is 18.0 Å². The van der Waals surface area contributed by atoms with E-state index in [0.29, 0.717) is 17.7 Å². The summed E-state index contributed by atoms with van der Waals surface area (Å²) in [5, 5.41) is 0. The molecule has 1 aromatic carbocycles. The van der Waals surface area contributed by atoms with Gasteiger partial charge >= 0.3 is 11.9 Å². The normalized spacial score (nSPS) is 23.3. The maximum absolute atomic E-state index is 12.5. The van der Waals surface area contributed by atoms with E-state index < -0.39 is 6.10 Å². The summed E-state index contributed by atoms with van der Waals surface area (Å²) in [6.07, 6.45) is 8.35. The van der Waals surface area contributed by atoms with Crippen LogP contribution in [0.15, 0.2) is 46.8 Å². The minimum absolute atomic E-state index is 0.151. The van der Waals surface area contributed by atoms with Gasteiger partial charge in [0.1, 0.15) is 6.61 Å². The fourth-order valence-electron chi connectivity index (χ4n) is 3.94. The van der Waals surface area contributed by atoms with Crippen LogP contribution in [-0.2, 0) is 14.3 Å². The lowest BCUT2D eigenvalue weighted by Crippen LogP contribution is -2.08. The summed E-state index contributed by atoms with van der Waals surface area (Å²) < 4.78 is 16.0. The van der Waals surface area contributed by atoms with Crippen LogP contribution in [0.4, 0.5) is 0 Å². The van der Waals surface area contributed by atoms with Crippen LogP contribution in [0, 0.1) is 6.92 Å². The summed E-state index contributed by atoms with van der Waals surface area (Å²) in [4.78, 5) is 24.4. The summed E-state index contributed by atoms with van der Waals surface area (Å²) in [6, 6.07) is 3.66. The van der Waals surface area contributed by atoms with Crippen molar-refractivity contribution in [1.29, 1.82) is 0 Å². The maximum atomic E-state index is 12.5. The predicted molar refractivity (Wildman–Crippen MR) is 88.0 cm³/mol. The molecule has 0 unspecified atom stereocenters. The Kier molecular flexibility index (Phi) is 2.83. The third kappa shape index (κ3) is 1.89. The van der Waals surface area contributed by atoms with Gasteiger partial charge in [0.05, 0.1) is 24.0 Å². The minimum atomic E-state index is -0.461. The highest BCUT2D eigenvalue weighted by Crippen LogP contribution is 2.44. The van der Waals surface area contributed by atoms with E-state index in [1.165, 1.54) is 0 Å². The number of ether oxygens (including phenoxy) is 2. The Balaban J connectivity index is 1.73. The summed E-state index contributed by atoms with van der Waals surface area (Å²) in [7, 11) is 0. The molecular formula is C20H14O5. The Hall–Kier alpha value is -3.08. The molecule has 1 aromatic heterocycles. The Labute approximate surface area is 143 Å². The zero-order chi connectivity index (χ0) is 17.1. The van der Waals surface area contributed by atoms with Crippen molar-refractivity contribution in [3.8, 4) is 0 Å². The van der Waals surface area contributed by atoms with Gasteiger partial charge < -0.3 is 13.9 Å². The molecule has 5 nitrogen and oxygen atoms in total. The molecule has 0 amide bonds. The van der Waals surface area contributed by atoms with Gasteiger partial charge in [0.25, 0.3) is 0 Å². The van der Waals surface area contributed by atoms with Crippen LogP contribution >= 0.6 is 0 Å². The highest BCUT2D eigenvalue weighted by atomic mass is 16.6. The van der Waals surface area contributed by atoms with Gasteiger partial charge in [-0.25, -0.2) is 9.59 Å². The second kappa shape index (κ2) is 4.96. The van der Waals surface area contributed by atoms with Gasteiger partial charge in [-0.2, -0.15) is 0 Å². The third-order valence-electron chi connectivity index (χ3n) is 5.17. The van der Waals surface area contributed by atoms with Crippen molar-refractivity contribution in [3.63, 3.8) is 0 Å². The molecular weight excluding hydrogens is 320 g/mol. The lowest BCUT2D eigenvalue weighted by Gasteiger charge is -2.18. The van der Waals surface area contributed by atoms with Gasteiger partial charge in [-0.05, 0) is 35.7 Å². The first-order chi connectivity index (χ1) is 12.1. The summed E-state index contributed by atoms with van der Waals surface area (Å²) in [5.41, 5.74) is 5.79. The van der Waals surface area contributed by atoms with Gasteiger partial charge in [0.15, 0.2) is 6.10 Å². The summed E-state index contributed by atoms with van der Waals surface area (Å²) in [5.74, 6) is -0.794. The SMILES string of the molecule is Cc1c2c(cc3c1[C@H](c1ccoc1)OC3=O)[C@H]1COC(=O)C1=CC=C2. The number of hydrogen-bond donors (Lipinski definition) is 0. The molecule has 5 rings (SSSR count). The fraction of sp³-hybridized carbons (Fsp3) is 0.200. The largest absolute Gasteiger partial charge is 0.472 e. The van der Waals surface area contributed by atoms with E-state index in [1.807, 2.05) is 25.1 Å². The molecule has 2 aliphatic heterocycles. The molecule has 0 radical (unpaired) electrons. The van der Waals surface area contributed by atoms with E-state index in [9.17, 15) is 9.59 Å². The lowest BCUT2D eigenvalue weighted by atomic mass is 9.84. The number of fused-ring (bicyclic) bond motifs is 4. The molecule has 0 spiro atoms. The fourth-order valence-corrected chi connectivity index (χ4v) is 3.94. The molecule has 2 aromatic rings. The molecule has 3 heterocycles. The van der Waals surface area contributed by atoms with E-state index >= 15 is 0 Å². The lowest BCUT2D eigenvalue weighted by molar-refractivity contribution is -0.135. The second-order valence-electron chi connectivity index (χ2n) is 6.44. The monoisotopic (exact) mass is 334 g/mol. The highest BCUT2D eigenvalue weighted by molar-refractivity contribution is 5.98. The molecule has 1 fully saturated rings. The number of furan rings is 1. The molecule has 0 bridgehead atoms. The number of carbonyl (C=O) groups is 2. The van der Waals surface area contributed by atoms with Crippen LogP contribution in [0.25, 0.3) is 6.08 Å². The quantitative estimate of drug-likeness (QED) is 0.748. The molecule has 0 saturated carbocycles. The number of esters is 2. The zero-order valence-electron chi connectivity index (χ0n) is 13.4. The molecule has 124 valence electrons. The van der Waals surface area contributed by atoms with Gasteiger partial charge in [-0.3, -0.25) is 0 Å². The van der Waals surface area contributed by atoms with E-state index in [1.54, 1.807) is 24.7 Å². The molecule has 1 aliphatic carbocycles. The van der Waals surface area contributed by atoms with E-state index in [-0.39, 0.29) is 17.9 Å². The van der Waals surface area contributed by atoms with Crippen LogP contribution in [0.3, 0.4) is 0 Å². The molecule has 5 heteroatoms. The van der Waals surface area contributed by atoms with Gasteiger partial charge in [-0.1, -0.05) is 18.2 Å². The summed E-state index contributed by atoms with van der Waals surface area (Å²) >= 11 is 0. The second-order valence-corrected chi connectivity index (χ2v) is 6.44. The zero-order valence-corrected chi connectivity index (χ0v) is 13.4. The van der Waals surface area contributed by atoms with Gasteiger partial charge in [-0.15, -0.1) is 0 Å². The van der Waals surface area contributed by atoms with Crippen LogP contribution in [0.5, 0.6) is 0 Å². The van der Waals surface area contributed by atoms with Crippen LogP contribution in [0.2, 0.25) is 0 Å². The summed E-state index contributed by atoms with van der Waals surface area (Å²) in [6.45, 7) is 2.29. The first kappa shape index (κ1) is 14.3. The van der Waals surface area contributed by atoms with Gasteiger partial charge in [0, 0.05) is 16.7 Å². The topological polar surface area (TPSA) is 65.7 Å². The number of benzene rings is 1. The molecule has 2 atom stereocenters. The third-order valence-corrected chi connectivity index (χ3v) is 5.17. The maximum Gasteiger partial charge on any atom is 0.339 e. The van der Waals surface area contributed by atoms with Crippen LogP contribution in [0.1, 0.15) is 50.2 Å². The van der Waals surface area contributed by atoms with Crippen LogP contribution < -0.4 is 0 Å². The Morgan fingerprint density at radius 2 is 2.08 bits per heavy atom. The number of cyclic esters (lactones) is 2.